The number of sulfonamides is 1. The molecule has 0 radical (unpaired) electrons. The summed E-state index contributed by atoms with van der Waals surface area (Å²) in [6, 6.07) is 1.94. The molecule has 138 valence electrons. The van der Waals surface area contributed by atoms with Crippen molar-refractivity contribution in [2.24, 2.45) is 5.92 Å². The van der Waals surface area contributed by atoms with Crippen LogP contribution < -0.4 is 4.72 Å². The molecule has 9 heteroatoms. The second-order valence-corrected chi connectivity index (χ2v) is 9.68. The van der Waals surface area contributed by atoms with E-state index in [-0.39, 0.29) is 17.2 Å². The van der Waals surface area contributed by atoms with Crippen molar-refractivity contribution in [3.05, 3.63) is 24.3 Å². The smallest absolute Gasteiger partial charge is 0.214 e. The van der Waals surface area contributed by atoms with Gasteiger partial charge in [-0.2, -0.15) is 0 Å². The standard InChI is InChI=1S/C17H22N6O2S/c1-10-7-11(22-26(24,25)12-3-2-4-12)8-13(10)17-21-20-15-9-19-16-14(23(15)17)5-6-18-16/h5-6,9-13,18,22H,2-4,7-8H2,1H3/t10?,11-,13-/m1/s1. The Balaban J connectivity index is 1.45. The first-order valence-electron chi connectivity index (χ1n) is 9.21. The summed E-state index contributed by atoms with van der Waals surface area (Å²) in [5.74, 6) is 1.39. The van der Waals surface area contributed by atoms with E-state index in [0.29, 0.717) is 5.92 Å². The van der Waals surface area contributed by atoms with Crippen molar-refractivity contribution < 1.29 is 8.42 Å². The number of hydrogen-bond acceptors (Lipinski definition) is 5. The third-order valence-corrected chi connectivity index (χ3v) is 8.01. The van der Waals surface area contributed by atoms with Crippen molar-refractivity contribution in [2.75, 3.05) is 0 Å². The molecular weight excluding hydrogens is 352 g/mol. The number of H-pyrrole nitrogens is 1. The zero-order valence-corrected chi connectivity index (χ0v) is 15.4. The maximum absolute atomic E-state index is 12.5. The number of nitrogens with zero attached hydrogens (tertiary/aromatic N) is 4. The van der Waals surface area contributed by atoms with E-state index in [1.807, 2.05) is 16.7 Å². The number of hydrogen-bond donors (Lipinski definition) is 2. The Morgan fingerprint density at radius 2 is 2.12 bits per heavy atom. The summed E-state index contributed by atoms with van der Waals surface area (Å²) in [4.78, 5) is 7.47. The van der Waals surface area contributed by atoms with Crippen LogP contribution in [0, 0.1) is 5.92 Å². The molecule has 1 unspecified atom stereocenters. The van der Waals surface area contributed by atoms with Gasteiger partial charge in [0.25, 0.3) is 0 Å². The first kappa shape index (κ1) is 16.2. The van der Waals surface area contributed by atoms with Crippen molar-refractivity contribution in [1.29, 1.82) is 0 Å². The summed E-state index contributed by atoms with van der Waals surface area (Å²) in [7, 11) is -3.20. The molecule has 0 saturated heterocycles. The van der Waals surface area contributed by atoms with Crippen molar-refractivity contribution in [3.8, 4) is 0 Å². The molecule has 3 aromatic heterocycles. The fraction of sp³-hybridized carbons (Fsp3) is 0.588. The third kappa shape index (κ3) is 2.44. The summed E-state index contributed by atoms with van der Waals surface area (Å²) in [5.41, 5.74) is 2.47. The summed E-state index contributed by atoms with van der Waals surface area (Å²) in [6.07, 6.45) is 7.74. The Kier molecular flexibility index (Phi) is 3.58. The van der Waals surface area contributed by atoms with Gasteiger partial charge >= 0.3 is 0 Å². The fourth-order valence-corrected chi connectivity index (χ4v) is 6.16. The second kappa shape index (κ2) is 5.75. The van der Waals surface area contributed by atoms with Crippen LogP contribution >= 0.6 is 0 Å². The highest BCUT2D eigenvalue weighted by Gasteiger charge is 2.39. The van der Waals surface area contributed by atoms with Crippen molar-refractivity contribution in [2.45, 2.75) is 56.2 Å². The van der Waals surface area contributed by atoms with Crippen LogP contribution in [0.4, 0.5) is 0 Å². The van der Waals surface area contributed by atoms with E-state index in [2.05, 4.69) is 31.8 Å². The molecule has 0 aliphatic heterocycles. The Morgan fingerprint density at radius 1 is 1.27 bits per heavy atom. The number of nitrogens with one attached hydrogen (secondary N) is 2. The third-order valence-electron chi connectivity index (χ3n) is 6.00. The highest BCUT2D eigenvalue weighted by atomic mass is 32.2. The molecule has 3 atom stereocenters. The lowest BCUT2D eigenvalue weighted by Gasteiger charge is -2.27. The molecule has 2 fully saturated rings. The molecule has 5 rings (SSSR count). The van der Waals surface area contributed by atoms with Gasteiger partial charge in [0, 0.05) is 18.2 Å². The first-order valence-corrected chi connectivity index (χ1v) is 10.8. The summed E-state index contributed by atoms with van der Waals surface area (Å²) >= 11 is 0. The fourth-order valence-electron chi connectivity index (χ4n) is 4.35. The van der Waals surface area contributed by atoms with Crippen LogP contribution in [0.1, 0.15) is 50.8 Å². The monoisotopic (exact) mass is 374 g/mol. The Bertz CT molecular complexity index is 1070. The number of aromatic amines is 1. The summed E-state index contributed by atoms with van der Waals surface area (Å²) < 4.78 is 29.9. The zero-order valence-electron chi connectivity index (χ0n) is 14.6. The SMILES string of the molecule is CC1C[C@@H](NS(=O)(=O)C2CCC2)C[C@H]1c1nnc2cnc3[nH]ccc3n12. The number of rotatable bonds is 4. The molecule has 2 saturated carbocycles. The minimum absolute atomic E-state index is 0.0310. The van der Waals surface area contributed by atoms with Gasteiger partial charge < -0.3 is 4.98 Å². The normalized spacial score (nSPS) is 27.3. The zero-order chi connectivity index (χ0) is 17.9. The number of aromatic nitrogens is 5. The largest absolute Gasteiger partial charge is 0.345 e. The molecule has 8 nitrogen and oxygen atoms in total. The van der Waals surface area contributed by atoms with Crippen LogP contribution in [0.25, 0.3) is 16.8 Å². The van der Waals surface area contributed by atoms with E-state index in [1.165, 1.54) is 0 Å². The van der Waals surface area contributed by atoms with Crippen LogP contribution in [0.2, 0.25) is 0 Å². The van der Waals surface area contributed by atoms with E-state index < -0.39 is 10.0 Å². The van der Waals surface area contributed by atoms with Gasteiger partial charge in [0.1, 0.15) is 5.82 Å². The number of fused-ring (bicyclic) bond motifs is 3. The van der Waals surface area contributed by atoms with Gasteiger partial charge in [-0.1, -0.05) is 13.3 Å². The molecule has 3 heterocycles. The van der Waals surface area contributed by atoms with Gasteiger partial charge in [-0.3, -0.25) is 4.40 Å². The Morgan fingerprint density at radius 3 is 2.88 bits per heavy atom. The lowest BCUT2D eigenvalue weighted by Crippen LogP contribution is -2.42. The van der Waals surface area contributed by atoms with Gasteiger partial charge in [0.15, 0.2) is 11.3 Å². The second-order valence-electron chi connectivity index (χ2n) is 7.69. The van der Waals surface area contributed by atoms with Crippen LogP contribution in [0.5, 0.6) is 0 Å². The van der Waals surface area contributed by atoms with Crippen LogP contribution in [0.3, 0.4) is 0 Å². The van der Waals surface area contributed by atoms with Gasteiger partial charge in [0.05, 0.1) is 17.0 Å². The van der Waals surface area contributed by atoms with Crippen molar-refractivity contribution >= 4 is 26.8 Å². The quantitative estimate of drug-likeness (QED) is 0.726. The predicted octanol–water partition coefficient (Wildman–Crippen LogP) is 1.96. The lowest BCUT2D eigenvalue weighted by atomic mass is 9.97. The maximum Gasteiger partial charge on any atom is 0.214 e. The van der Waals surface area contributed by atoms with E-state index in [0.717, 1.165) is 54.7 Å². The molecule has 3 aromatic rings. The molecule has 2 aliphatic carbocycles. The molecule has 26 heavy (non-hydrogen) atoms. The molecule has 0 bridgehead atoms. The van der Waals surface area contributed by atoms with E-state index >= 15 is 0 Å². The minimum Gasteiger partial charge on any atom is -0.345 e. The molecule has 0 aromatic carbocycles. The average molecular weight is 374 g/mol. The Labute approximate surface area is 151 Å². The van der Waals surface area contributed by atoms with Crippen LogP contribution in [0.15, 0.2) is 18.5 Å². The molecular formula is C17H22N6O2S. The summed E-state index contributed by atoms with van der Waals surface area (Å²) in [6.45, 7) is 2.17. The average Bonchev–Trinajstić information content (AvgIpc) is 3.21. The topological polar surface area (TPSA) is 105 Å². The minimum atomic E-state index is -3.20. The highest BCUT2D eigenvalue weighted by molar-refractivity contribution is 7.90. The molecule has 0 spiro atoms. The summed E-state index contributed by atoms with van der Waals surface area (Å²) in [5, 5.41) is 8.51. The van der Waals surface area contributed by atoms with Gasteiger partial charge in [-0.15, -0.1) is 10.2 Å². The molecule has 0 amide bonds. The van der Waals surface area contributed by atoms with Gasteiger partial charge in [0.2, 0.25) is 10.0 Å². The van der Waals surface area contributed by atoms with Gasteiger partial charge in [-0.05, 0) is 37.7 Å². The maximum atomic E-state index is 12.5. The van der Waals surface area contributed by atoms with Crippen molar-refractivity contribution in [1.82, 2.24) is 29.3 Å². The highest BCUT2D eigenvalue weighted by Crippen LogP contribution is 2.40. The van der Waals surface area contributed by atoms with E-state index in [4.69, 9.17) is 0 Å². The van der Waals surface area contributed by atoms with Gasteiger partial charge in [-0.25, -0.2) is 18.1 Å². The van der Waals surface area contributed by atoms with Crippen LogP contribution in [-0.4, -0.2) is 44.3 Å². The predicted molar refractivity (Wildman–Crippen MR) is 97.3 cm³/mol. The van der Waals surface area contributed by atoms with Crippen molar-refractivity contribution in [3.63, 3.8) is 0 Å². The Hall–Kier alpha value is -2.00. The first-order chi connectivity index (χ1) is 12.5. The molecule has 2 N–H and O–H groups in total. The van der Waals surface area contributed by atoms with E-state index in [1.54, 1.807) is 6.20 Å². The van der Waals surface area contributed by atoms with Crippen LogP contribution in [-0.2, 0) is 10.0 Å². The lowest BCUT2D eigenvalue weighted by molar-refractivity contribution is 0.458. The van der Waals surface area contributed by atoms with E-state index in [9.17, 15) is 8.42 Å². The molecule has 2 aliphatic rings.